The molecule has 10 heteroatoms. The number of methoxy groups -OCH3 is 1. The van der Waals surface area contributed by atoms with Crippen molar-refractivity contribution in [2.45, 2.75) is 31.8 Å². The number of imidazole rings is 1. The molecule has 0 bridgehead atoms. The number of carbonyl (C=O) groups excluding carboxylic acids is 3. The maximum atomic E-state index is 13.0. The van der Waals surface area contributed by atoms with Crippen molar-refractivity contribution in [2.75, 3.05) is 21.2 Å². The maximum Gasteiger partial charge on any atom is 0.407 e. The van der Waals surface area contributed by atoms with E-state index in [4.69, 9.17) is 0 Å². The number of ether oxygens (including phenoxy) is 1. The number of nitrogens with zero attached hydrogens (tertiary/aromatic N) is 3. The molecule has 10 nitrogen and oxygen atoms in total. The molecule has 3 rings (SSSR count). The van der Waals surface area contributed by atoms with Gasteiger partial charge in [0.05, 0.1) is 30.7 Å². The smallest absolute Gasteiger partial charge is 0.407 e. The Bertz CT molecular complexity index is 1260. The predicted octanol–water partition coefficient (Wildman–Crippen LogP) is 2.03. The van der Waals surface area contributed by atoms with Gasteiger partial charge in [-0.2, -0.15) is 0 Å². The number of allylic oxidation sites excluding steroid dienone is 1. The number of ketones is 1. The van der Waals surface area contributed by atoms with Crippen molar-refractivity contribution in [1.82, 2.24) is 24.8 Å². The molecule has 0 spiro atoms. The van der Waals surface area contributed by atoms with Gasteiger partial charge in [0.25, 0.3) is 5.56 Å². The standard InChI is InChI=1S/C25H29N5O5/c1-29(2)23(32)13-7-6-12-20(28-25(34)35-3)21(31)15-17-9-8-14-30(24(17)33)16-22-26-18-10-4-5-11-19(18)27-22/h4-5,7-11,13-14,20H,6,12,15-16H2,1-3H3,(H,26,27)(H,28,34)/b13-7+/t20-/m0/s1. The number of alkyl carbamates (subject to hydrolysis) is 1. The summed E-state index contributed by atoms with van der Waals surface area (Å²) in [5.74, 6) is 0.116. The first-order valence-corrected chi connectivity index (χ1v) is 11.2. The van der Waals surface area contributed by atoms with Gasteiger partial charge < -0.3 is 24.5 Å². The Balaban J connectivity index is 1.71. The van der Waals surface area contributed by atoms with E-state index >= 15 is 0 Å². The summed E-state index contributed by atoms with van der Waals surface area (Å²) >= 11 is 0. The van der Waals surface area contributed by atoms with Crippen LogP contribution in [-0.2, 0) is 27.3 Å². The largest absolute Gasteiger partial charge is 0.453 e. The van der Waals surface area contributed by atoms with Gasteiger partial charge in [0.1, 0.15) is 5.82 Å². The Morgan fingerprint density at radius 3 is 2.69 bits per heavy atom. The van der Waals surface area contributed by atoms with Crippen LogP contribution >= 0.6 is 0 Å². The quantitative estimate of drug-likeness (QED) is 0.429. The third-order valence-electron chi connectivity index (χ3n) is 5.41. The highest BCUT2D eigenvalue weighted by Crippen LogP contribution is 2.11. The number of para-hydroxylation sites is 2. The number of benzene rings is 1. The number of aromatic amines is 1. The highest BCUT2D eigenvalue weighted by Gasteiger charge is 2.22. The fourth-order valence-corrected chi connectivity index (χ4v) is 3.51. The van der Waals surface area contributed by atoms with E-state index in [1.807, 2.05) is 24.3 Å². The van der Waals surface area contributed by atoms with Crippen molar-refractivity contribution >= 4 is 28.8 Å². The third-order valence-corrected chi connectivity index (χ3v) is 5.41. The second-order valence-corrected chi connectivity index (χ2v) is 8.21. The third kappa shape index (κ3) is 6.89. The molecule has 1 aromatic carbocycles. The van der Waals surface area contributed by atoms with E-state index in [1.54, 1.807) is 38.5 Å². The van der Waals surface area contributed by atoms with E-state index < -0.39 is 12.1 Å². The van der Waals surface area contributed by atoms with E-state index in [1.165, 1.54) is 22.7 Å². The molecule has 3 aromatic rings. The van der Waals surface area contributed by atoms with Gasteiger partial charge in [0.2, 0.25) is 5.91 Å². The SMILES string of the molecule is COC(=O)N[C@@H](CC/C=C/C(=O)N(C)C)C(=O)Cc1cccn(Cc2nc3ccccc3[nH]2)c1=O. The van der Waals surface area contributed by atoms with Gasteiger partial charge in [0, 0.05) is 32.3 Å². The van der Waals surface area contributed by atoms with E-state index in [0.29, 0.717) is 17.8 Å². The van der Waals surface area contributed by atoms with Gasteiger partial charge in [0.15, 0.2) is 5.78 Å². The van der Waals surface area contributed by atoms with Crippen LogP contribution < -0.4 is 10.9 Å². The number of hydrogen-bond donors (Lipinski definition) is 2. The average molecular weight is 480 g/mol. The summed E-state index contributed by atoms with van der Waals surface area (Å²) in [6.07, 6.45) is 4.43. The Hall–Kier alpha value is -4.21. The minimum absolute atomic E-state index is 0.158. The first kappa shape index (κ1) is 25.4. The number of rotatable bonds is 10. The highest BCUT2D eigenvalue weighted by molar-refractivity contribution is 5.89. The minimum Gasteiger partial charge on any atom is -0.453 e. The molecule has 2 aromatic heterocycles. The molecular formula is C25H29N5O5. The van der Waals surface area contributed by atoms with Crippen LogP contribution in [0.15, 0.2) is 59.5 Å². The lowest BCUT2D eigenvalue weighted by molar-refractivity contribution is -0.123. The molecule has 0 saturated carbocycles. The molecule has 2 N–H and O–H groups in total. The van der Waals surface area contributed by atoms with Gasteiger partial charge in [-0.15, -0.1) is 0 Å². The van der Waals surface area contributed by atoms with Crippen LogP contribution in [0.3, 0.4) is 0 Å². The van der Waals surface area contributed by atoms with Crippen molar-refractivity contribution in [2.24, 2.45) is 0 Å². The van der Waals surface area contributed by atoms with Gasteiger partial charge in [-0.05, 0) is 37.1 Å². The maximum absolute atomic E-state index is 13.0. The van der Waals surface area contributed by atoms with Crippen molar-refractivity contribution in [1.29, 1.82) is 0 Å². The first-order chi connectivity index (χ1) is 16.8. The van der Waals surface area contributed by atoms with Crippen molar-refractivity contribution in [3.05, 3.63) is 76.5 Å². The number of pyridine rings is 1. The number of H-pyrrole nitrogens is 1. The van der Waals surface area contributed by atoms with Crippen LogP contribution in [-0.4, -0.2) is 64.5 Å². The average Bonchev–Trinajstić information content (AvgIpc) is 3.25. The summed E-state index contributed by atoms with van der Waals surface area (Å²) in [6, 6.07) is 10.0. The zero-order chi connectivity index (χ0) is 25.4. The normalized spacial score (nSPS) is 12.0. The second kappa shape index (κ2) is 11.8. The van der Waals surface area contributed by atoms with E-state index in [2.05, 4.69) is 20.0 Å². The van der Waals surface area contributed by atoms with Gasteiger partial charge in [-0.1, -0.05) is 24.3 Å². The van der Waals surface area contributed by atoms with Gasteiger partial charge in [-0.3, -0.25) is 14.4 Å². The monoisotopic (exact) mass is 479 g/mol. The summed E-state index contributed by atoms with van der Waals surface area (Å²) in [7, 11) is 4.48. The number of Topliss-reactive ketones (excluding diaryl/α,β-unsaturated/α-hetero) is 1. The number of carbonyl (C=O) groups is 3. The first-order valence-electron chi connectivity index (χ1n) is 11.2. The van der Waals surface area contributed by atoms with Crippen LogP contribution in [0, 0.1) is 0 Å². The van der Waals surface area contributed by atoms with Crippen molar-refractivity contribution in [3.63, 3.8) is 0 Å². The summed E-state index contributed by atoms with van der Waals surface area (Å²) in [5, 5.41) is 2.52. The molecule has 0 aliphatic carbocycles. The summed E-state index contributed by atoms with van der Waals surface area (Å²) in [4.78, 5) is 58.6. The van der Waals surface area contributed by atoms with Gasteiger partial charge in [-0.25, -0.2) is 9.78 Å². The topological polar surface area (TPSA) is 126 Å². The van der Waals surface area contributed by atoms with Crippen LogP contribution in [0.4, 0.5) is 4.79 Å². The zero-order valence-electron chi connectivity index (χ0n) is 20.0. The van der Waals surface area contributed by atoms with Crippen molar-refractivity contribution < 1.29 is 19.1 Å². The number of fused-ring (bicyclic) bond motifs is 1. The Kier molecular flexibility index (Phi) is 8.55. The number of likely N-dealkylation sites (N-methyl/N-ethyl adjacent to an activating group) is 1. The lowest BCUT2D eigenvalue weighted by Crippen LogP contribution is -2.42. The lowest BCUT2D eigenvalue weighted by Gasteiger charge is -2.16. The molecule has 0 unspecified atom stereocenters. The van der Waals surface area contributed by atoms with E-state index in [-0.39, 0.29) is 36.6 Å². The van der Waals surface area contributed by atoms with Crippen molar-refractivity contribution in [3.8, 4) is 0 Å². The summed E-state index contributed by atoms with van der Waals surface area (Å²) < 4.78 is 6.12. The molecule has 0 radical (unpaired) electrons. The molecule has 0 aliphatic heterocycles. The van der Waals surface area contributed by atoms with E-state index in [0.717, 1.165) is 11.0 Å². The predicted molar refractivity (Wildman–Crippen MR) is 131 cm³/mol. The molecule has 1 atom stereocenters. The molecular weight excluding hydrogens is 450 g/mol. The summed E-state index contributed by atoms with van der Waals surface area (Å²) in [6.45, 7) is 0.226. The molecule has 0 aliphatic rings. The van der Waals surface area contributed by atoms with Crippen LogP contribution in [0.1, 0.15) is 24.2 Å². The molecule has 184 valence electrons. The number of nitrogens with one attached hydrogen (secondary N) is 2. The molecule has 2 heterocycles. The van der Waals surface area contributed by atoms with Crippen LogP contribution in [0.5, 0.6) is 0 Å². The Morgan fingerprint density at radius 2 is 1.97 bits per heavy atom. The molecule has 0 fully saturated rings. The zero-order valence-corrected chi connectivity index (χ0v) is 20.0. The number of hydrogen-bond acceptors (Lipinski definition) is 6. The fourth-order valence-electron chi connectivity index (χ4n) is 3.51. The highest BCUT2D eigenvalue weighted by atomic mass is 16.5. The molecule has 0 saturated heterocycles. The van der Waals surface area contributed by atoms with E-state index in [9.17, 15) is 19.2 Å². The molecule has 2 amide bonds. The second-order valence-electron chi connectivity index (χ2n) is 8.21. The molecule has 35 heavy (non-hydrogen) atoms. The summed E-state index contributed by atoms with van der Waals surface area (Å²) in [5.41, 5.74) is 1.68. The minimum atomic E-state index is -0.870. The number of aromatic nitrogens is 3. The Morgan fingerprint density at radius 1 is 1.20 bits per heavy atom. The Labute approximate surface area is 202 Å². The van der Waals surface area contributed by atoms with Crippen LogP contribution in [0.2, 0.25) is 0 Å². The fraction of sp³-hybridized carbons (Fsp3) is 0.320. The lowest BCUT2D eigenvalue weighted by atomic mass is 10.0. The van der Waals surface area contributed by atoms with Gasteiger partial charge >= 0.3 is 6.09 Å². The van der Waals surface area contributed by atoms with Crippen LogP contribution in [0.25, 0.3) is 11.0 Å². The number of amides is 2.